The number of nitrogens with one attached hydrogen (secondary N) is 1. The first-order valence-electron chi connectivity index (χ1n) is 6.34. The van der Waals surface area contributed by atoms with Crippen LogP contribution in [0.25, 0.3) is 0 Å². The van der Waals surface area contributed by atoms with Crippen LogP contribution in [0.3, 0.4) is 0 Å². The van der Waals surface area contributed by atoms with Crippen LogP contribution in [0.2, 0.25) is 0 Å². The van der Waals surface area contributed by atoms with Crippen LogP contribution in [0, 0.1) is 23.3 Å². The lowest BCUT2D eigenvalue weighted by Gasteiger charge is -2.08. The van der Waals surface area contributed by atoms with E-state index in [2.05, 4.69) is 5.32 Å². The van der Waals surface area contributed by atoms with Crippen LogP contribution in [0.4, 0.5) is 17.6 Å². The third-order valence-corrected chi connectivity index (χ3v) is 3.99. The van der Waals surface area contributed by atoms with Gasteiger partial charge in [-0.15, -0.1) is 0 Å². The molecule has 0 saturated heterocycles. The number of amides is 1. The molecule has 0 radical (unpaired) electrons. The summed E-state index contributed by atoms with van der Waals surface area (Å²) in [5.41, 5.74) is -0.577. The van der Waals surface area contributed by atoms with E-state index < -0.39 is 51.3 Å². The standard InChI is InChI=1S/C14H10F4N2O3S/c15-10-5-8(11(16)13(18)12(10)17)6-20-14(21)7-1-3-9(4-2-7)24(19,22)23/h1-5H,6H2,(H,20,21)(H2,19,22,23). The Hall–Kier alpha value is -2.46. The Morgan fingerprint density at radius 2 is 1.58 bits per heavy atom. The fourth-order valence-corrected chi connectivity index (χ4v) is 2.34. The van der Waals surface area contributed by atoms with Crippen molar-refractivity contribution >= 4 is 15.9 Å². The number of hydrogen-bond acceptors (Lipinski definition) is 3. The average molecular weight is 362 g/mol. The third kappa shape index (κ3) is 3.71. The van der Waals surface area contributed by atoms with Gasteiger partial charge in [-0.2, -0.15) is 0 Å². The van der Waals surface area contributed by atoms with Crippen molar-refractivity contribution < 1.29 is 30.8 Å². The highest BCUT2D eigenvalue weighted by atomic mass is 32.2. The van der Waals surface area contributed by atoms with E-state index in [0.29, 0.717) is 6.07 Å². The minimum absolute atomic E-state index is 0.00543. The molecule has 3 N–H and O–H groups in total. The number of carbonyl (C=O) groups is 1. The lowest BCUT2D eigenvalue weighted by molar-refractivity contribution is 0.0950. The molecule has 2 rings (SSSR count). The summed E-state index contributed by atoms with van der Waals surface area (Å²) >= 11 is 0. The molecule has 0 aromatic heterocycles. The number of primary sulfonamides is 1. The monoisotopic (exact) mass is 362 g/mol. The predicted molar refractivity (Wildman–Crippen MR) is 75.3 cm³/mol. The normalized spacial score (nSPS) is 11.4. The second kappa shape index (κ2) is 6.57. The molecule has 0 aliphatic rings. The molecule has 0 atom stereocenters. The number of hydrogen-bond donors (Lipinski definition) is 2. The number of sulfonamides is 1. The molecular weight excluding hydrogens is 352 g/mol. The minimum atomic E-state index is -3.92. The third-order valence-electron chi connectivity index (χ3n) is 3.06. The molecule has 0 spiro atoms. The minimum Gasteiger partial charge on any atom is -0.348 e. The molecule has 24 heavy (non-hydrogen) atoms. The highest BCUT2D eigenvalue weighted by Crippen LogP contribution is 2.18. The van der Waals surface area contributed by atoms with E-state index in [9.17, 15) is 30.8 Å². The average Bonchev–Trinajstić information content (AvgIpc) is 2.54. The molecule has 2 aromatic rings. The highest BCUT2D eigenvalue weighted by molar-refractivity contribution is 7.89. The van der Waals surface area contributed by atoms with Crippen LogP contribution in [0.15, 0.2) is 35.2 Å². The molecule has 0 aliphatic carbocycles. The molecule has 128 valence electrons. The summed E-state index contributed by atoms with van der Waals surface area (Å²) in [6.45, 7) is -0.601. The van der Waals surface area contributed by atoms with Crippen LogP contribution in [0.1, 0.15) is 15.9 Å². The van der Waals surface area contributed by atoms with Gasteiger partial charge in [0, 0.05) is 17.7 Å². The van der Waals surface area contributed by atoms with Crippen molar-refractivity contribution in [2.75, 3.05) is 0 Å². The first-order valence-corrected chi connectivity index (χ1v) is 7.89. The first kappa shape index (κ1) is 17.9. The molecule has 0 saturated carbocycles. The van der Waals surface area contributed by atoms with Gasteiger partial charge < -0.3 is 5.32 Å². The van der Waals surface area contributed by atoms with E-state index in [1.807, 2.05) is 0 Å². The second-order valence-corrected chi connectivity index (χ2v) is 6.27. The summed E-state index contributed by atoms with van der Waals surface area (Å²) in [6, 6.07) is 4.90. The molecule has 0 fully saturated rings. The molecule has 0 unspecified atom stereocenters. The first-order chi connectivity index (χ1) is 11.1. The van der Waals surface area contributed by atoms with Crippen molar-refractivity contribution in [3.05, 3.63) is 64.7 Å². The van der Waals surface area contributed by atoms with Gasteiger partial charge >= 0.3 is 0 Å². The molecule has 2 aromatic carbocycles. The van der Waals surface area contributed by atoms with E-state index in [-0.39, 0.29) is 10.5 Å². The van der Waals surface area contributed by atoms with Crippen molar-refractivity contribution in [2.45, 2.75) is 11.4 Å². The molecule has 5 nitrogen and oxygen atoms in total. The number of halogens is 4. The summed E-state index contributed by atoms with van der Waals surface area (Å²) in [6.07, 6.45) is 0. The van der Waals surface area contributed by atoms with E-state index in [1.54, 1.807) is 0 Å². The maximum absolute atomic E-state index is 13.5. The van der Waals surface area contributed by atoms with E-state index in [4.69, 9.17) is 5.14 Å². The predicted octanol–water partition coefficient (Wildman–Crippen LogP) is 1.82. The van der Waals surface area contributed by atoms with Crippen molar-refractivity contribution in [1.29, 1.82) is 0 Å². The molecule has 0 aliphatic heterocycles. The van der Waals surface area contributed by atoms with Gasteiger partial charge in [0.15, 0.2) is 23.3 Å². The lowest BCUT2D eigenvalue weighted by Crippen LogP contribution is -2.24. The van der Waals surface area contributed by atoms with Crippen molar-refractivity contribution in [3.8, 4) is 0 Å². The van der Waals surface area contributed by atoms with Gasteiger partial charge in [0.25, 0.3) is 5.91 Å². The molecule has 10 heteroatoms. The number of rotatable bonds is 4. The van der Waals surface area contributed by atoms with Crippen LogP contribution in [-0.4, -0.2) is 14.3 Å². The Kier molecular flexibility index (Phi) is 4.90. The summed E-state index contributed by atoms with van der Waals surface area (Å²) in [7, 11) is -3.92. The highest BCUT2D eigenvalue weighted by Gasteiger charge is 2.19. The van der Waals surface area contributed by atoms with Crippen LogP contribution in [0.5, 0.6) is 0 Å². The number of carbonyl (C=O) groups excluding carboxylic acids is 1. The lowest BCUT2D eigenvalue weighted by atomic mass is 10.1. The number of benzene rings is 2. The van der Waals surface area contributed by atoms with Crippen LogP contribution >= 0.6 is 0 Å². The smallest absolute Gasteiger partial charge is 0.251 e. The fraction of sp³-hybridized carbons (Fsp3) is 0.0714. The Labute approximate surface area is 134 Å². The van der Waals surface area contributed by atoms with Crippen LogP contribution in [-0.2, 0) is 16.6 Å². The van der Waals surface area contributed by atoms with Crippen molar-refractivity contribution in [1.82, 2.24) is 5.32 Å². The van der Waals surface area contributed by atoms with Gasteiger partial charge in [-0.05, 0) is 30.3 Å². The summed E-state index contributed by atoms with van der Waals surface area (Å²) in [5.74, 6) is -7.88. The Morgan fingerprint density at radius 1 is 1.00 bits per heavy atom. The topological polar surface area (TPSA) is 89.3 Å². The second-order valence-electron chi connectivity index (χ2n) is 4.71. The van der Waals surface area contributed by atoms with Gasteiger partial charge in [0.1, 0.15) is 0 Å². The van der Waals surface area contributed by atoms with Gasteiger partial charge in [-0.3, -0.25) is 4.79 Å². The largest absolute Gasteiger partial charge is 0.348 e. The van der Waals surface area contributed by atoms with E-state index >= 15 is 0 Å². The van der Waals surface area contributed by atoms with Gasteiger partial charge in [0.05, 0.1) is 4.90 Å². The number of nitrogens with two attached hydrogens (primary N) is 1. The van der Waals surface area contributed by atoms with Gasteiger partial charge in [-0.1, -0.05) is 0 Å². The summed E-state index contributed by atoms with van der Waals surface area (Å²) in [5, 5.41) is 7.08. The zero-order chi connectivity index (χ0) is 18.1. The zero-order valence-electron chi connectivity index (χ0n) is 11.8. The summed E-state index contributed by atoms with van der Waals surface area (Å²) in [4.78, 5) is 11.6. The fourth-order valence-electron chi connectivity index (χ4n) is 1.82. The van der Waals surface area contributed by atoms with Gasteiger partial charge in [0.2, 0.25) is 10.0 Å². The Bertz CT molecular complexity index is 899. The quantitative estimate of drug-likeness (QED) is 0.494. The summed E-state index contributed by atoms with van der Waals surface area (Å²) < 4.78 is 74.6. The zero-order valence-corrected chi connectivity index (χ0v) is 12.6. The molecule has 0 bridgehead atoms. The maximum atomic E-state index is 13.5. The van der Waals surface area contributed by atoms with Crippen molar-refractivity contribution in [3.63, 3.8) is 0 Å². The SMILES string of the molecule is NS(=O)(=O)c1ccc(C(=O)NCc2cc(F)c(F)c(F)c2F)cc1. The van der Waals surface area contributed by atoms with E-state index in [0.717, 1.165) is 24.3 Å². The molecule has 0 heterocycles. The maximum Gasteiger partial charge on any atom is 0.251 e. The Balaban J connectivity index is 2.14. The molecular formula is C14H10F4N2O3S. The van der Waals surface area contributed by atoms with E-state index in [1.165, 1.54) is 0 Å². The van der Waals surface area contributed by atoms with Crippen LogP contribution < -0.4 is 10.5 Å². The Morgan fingerprint density at radius 3 is 2.12 bits per heavy atom. The van der Waals surface area contributed by atoms with Gasteiger partial charge in [-0.25, -0.2) is 31.1 Å². The van der Waals surface area contributed by atoms with Crippen molar-refractivity contribution in [2.24, 2.45) is 5.14 Å². The molecule has 1 amide bonds.